The van der Waals surface area contributed by atoms with Crippen LogP contribution in [0.2, 0.25) is 0 Å². The van der Waals surface area contributed by atoms with Crippen molar-refractivity contribution in [2.45, 2.75) is 39.7 Å². The average molecular weight is 276 g/mol. The molecule has 1 aromatic rings. The second-order valence-electron chi connectivity index (χ2n) is 6.73. The van der Waals surface area contributed by atoms with Gasteiger partial charge in [-0.1, -0.05) is 51.1 Å². The third-order valence-corrected chi connectivity index (χ3v) is 3.28. The minimum absolute atomic E-state index is 0.0788. The van der Waals surface area contributed by atoms with Gasteiger partial charge in [0, 0.05) is 6.54 Å². The van der Waals surface area contributed by atoms with Gasteiger partial charge >= 0.3 is 0 Å². The highest BCUT2D eigenvalue weighted by Gasteiger charge is 2.22. The van der Waals surface area contributed by atoms with Crippen molar-refractivity contribution < 1.29 is 4.79 Å². The van der Waals surface area contributed by atoms with E-state index in [9.17, 15) is 4.79 Å². The topological polar surface area (TPSA) is 32.3 Å². The average Bonchev–Trinajstić information content (AvgIpc) is 2.34. The molecule has 0 saturated heterocycles. The number of carbonyl (C=O) groups excluding carboxylic acids is 1. The van der Waals surface area contributed by atoms with E-state index in [4.69, 9.17) is 0 Å². The number of benzene rings is 1. The summed E-state index contributed by atoms with van der Waals surface area (Å²) in [4.78, 5) is 14.3. The molecule has 20 heavy (non-hydrogen) atoms. The van der Waals surface area contributed by atoms with Crippen molar-refractivity contribution in [3.05, 3.63) is 35.9 Å². The standard InChI is InChI=1S/C17H28N2O/c1-17(2,3)12-9-13-18-16(20)15(19(4)5)14-10-7-6-8-11-14/h6-8,10-11,15H,9,12-13H2,1-5H3,(H,18,20). The number of amides is 1. The third kappa shape index (κ3) is 5.74. The Morgan fingerprint density at radius 3 is 2.30 bits per heavy atom. The normalized spacial score (nSPS) is 13.3. The smallest absolute Gasteiger partial charge is 0.241 e. The highest BCUT2D eigenvalue weighted by Crippen LogP contribution is 2.20. The molecule has 3 nitrogen and oxygen atoms in total. The van der Waals surface area contributed by atoms with Gasteiger partial charge in [-0.05, 0) is 37.9 Å². The molecule has 0 fully saturated rings. The van der Waals surface area contributed by atoms with Crippen LogP contribution in [0, 0.1) is 5.41 Å². The monoisotopic (exact) mass is 276 g/mol. The van der Waals surface area contributed by atoms with Gasteiger partial charge in [0.1, 0.15) is 6.04 Å². The molecule has 0 bridgehead atoms. The Morgan fingerprint density at radius 1 is 1.20 bits per heavy atom. The fourth-order valence-electron chi connectivity index (χ4n) is 2.25. The lowest BCUT2D eigenvalue weighted by molar-refractivity contribution is -0.125. The molecular formula is C17H28N2O. The molecule has 0 aliphatic heterocycles. The highest BCUT2D eigenvalue weighted by atomic mass is 16.2. The molecule has 1 rings (SSSR count). The number of likely N-dealkylation sites (N-methyl/N-ethyl adjacent to an activating group) is 1. The molecule has 1 atom stereocenters. The van der Waals surface area contributed by atoms with Gasteiger partial charge in [-0.2, -0.15) is 0 Å². The van der Waals surface area contributed by atoms with Crippen LogP contribution in [0.4, 0.5) is 0 Å². The van der Waals surface area contributed by atoms with Gasteiger partial charge in [-0.3, -0.25) is 9.69 Å². The molecule has 0 saturated carbocycles. The molecule has 1 N–H and O–H groups in total. The Bertz CT molecular complexity index is 407. The van der Waals surface area contributed by atoms with Crippen LogP contribution in [0.25, 0.3) is 0 Å². The first-order chi connectivity index (χ1) is 9.31. The number of nitrogens with one attached hydrogen (secondary N) is 1. The van der Waals surface area contributed by atoms with Gasteiger partial charge in [0.2, 0.25) is 5.91 Å². The third-order valence-electron chi connectivity index (χ3n) is 3.28. The van der Waals surface area contributed by atoms with Crippen molar-refractivity contribution in [1.82, 2.24) is 10.2 Å². The number of rotatable bonds is 6. The summed E-state index contributed by atoms with van der Waals surface area (Å²) in [6.07, 6.45) is 2.13. The Hall–Kier alpha value is -1.35. The first kappa shape index (κ1) is 16.7. The number of hydrogen-bond donors (Lipinski definition) is 1. The van der Waals surface area contributed by atoms with Crippen LogP contribution in [0.3, 0.4) is 0 Å². The Kier molecular flexibility index (Phi) is 6.21. The Balaban J connectivity index is 2.54. The van der Waals surface area contributed by atoms with Crippen molar-refractivity contribution in [3.8, 4) is 0 Å². The van der Waals surface area contributed by atoms with E-state index in [0.29, 0.717) is 5.41 Å². The van der Waals surface area contributed by atoms with Crippen molar-refractivity contribution in [2.75, 3.05) is 20.6 Å². The molecule has 0 aliphatic carbocycles. The molecule has 0 spiro atoms. The molecule has 1 amide bonds. The molecule has 0 heterocycles. The molecule has 3 heteroatoms. The molecule has 0 radical (unpaired) electrons. The Labute approximate surface area is 123 Å². The van der Waals surface area contributed by atoms with Crippen LogP contribution in [0.15, 0.2) is 30.3 Å². The van der Waals surface area contributed by atoms with Crippen molar-refractivity contribution >= 4 is 5.91 Å². The van der Waals surface area contributed by atoms with Crippen molar-refractivity contribution in [2.24, 2.45) is 5.41 Å². The molecule has 112 valence electrons. The molecule has 1 unspecified atom stereocenters. The van der Waals surface area contributed by atoms with Crippen LogP contribution in [-0.2, 0) is 4.79 Å². The molecule has 0 aliphatic rings. The lowest BCUT2D eigenvalue weighted by Gasteiger charge is -2.24. The largest absolute Gasteiger partial charge is 0.354 e. The summed E-state index contributed by atoms with van der Waals surface area (Å²) < 4.78 is 0. The summed E-state index contributed by atoms with van der Waals surface area (Å²) in [6.45, 7) is 7.41. The zero-order chi connectivity index (χ0) is 15.2. The van der Waals surface area contributed by atoms with E-state index in [0.717, 1.165) is 24.9 Å². The van der Waals surface area contributed by atoms with Gasteiger partial charge in [0.25, 0.3) is 0 Å². The lowest BCUT2D eigenvalue weighted by Crippen LogP contribution is -2.37. The zero-order valence-corrected chi connectivity index (χ0v) is 13.4. The summed E-state index contributed by atoms with van der Waals surface area (Å²) in [5, 5.41) is 3.05. The maximum absolute atomic E-state index is 12.4. The fourth-order valence-corrected chi connectivity index (χ4v) is 2.25. The maximum Gasteiger partial charge on any atom is 0.241 e. The van der Waals surface area contributed by atoms with E-state index >= 15 is 0 Å². The summed E-state index contributed by atoms with van der Waals surface area (Å²) in [7, 11) is 3.87. The quantitative estimate of drug-likeness (QED) is 0.809. The van der Waals surface area contributed by atoms with E-state index < -0.39 is 0 Å². The second kappa shape index (κ2) is 7.44. The van der Waals surface area contributed by atoms with E-state index in [1.165, 1.54) is 0 Å². The van der Waals surface area contributed by atoms with Crippen LogP contribution in [0.5, 0.6) is 0 Å². The first-order valence-electron chi connectivity index (χ1n) is 7.30. The van der Waals surface area contributed by atoms with E-state index in [2.05, 4.69) is 26.1 Å². The van der Waals surface area contributed by atoms with Gasteiger partial charge < -0.3 is 5.32 Å². The van der Waals surface area contributed by atoms with Crippen molar-refractivity contribution in [3.63, 3.8) is 0 Å². The van der Waals surface area contributed by atoms with Gasteiger partial charge in [-0.25, -0.2) is 0 Å². The summed E-state index contributed by atoms with van der Waals surface area (Å²) in [6, 6.07) is 9.69. The molecule has 1 aromatic carbocycles. The van der Waals surface area contributed by atoms with E-state index in [-0.39, 0.29) is 11.9 Å². The van der Waals surface area contributed by atoms with E-state index in [1.807, 2.05) is 49.3 Å². The number of nitrogens with zero attached hydrogens (tertiary/aromatic N) is 1. The van der Waals surface area contributed by atoms with Crippen LogP contribution >= 0.6 is 0 Å². The molecule has 0 aromatic heterocycles. The van der Waals surface area contributed by atoms with Gasteiger partial charge in [-0.15, -0.1) is 0 Å². The summed E-state index contributed by atoms with van der Waals surface area (Å²) in [5.74, 6) is 0.0788. The summed E-state index contributed by atoms with van der Waals surface area (Å²) in [5.41, 5.74) is 1.36. The lowest BCUT2D eigenvalue weighted by atomic mass is 9.90. The first-order valence-corrected chi connectivity index (χ1v) is 7.30. The predicted octanol–water partition coefficient (Wildman–Crippen LogP) is 3.23. The second-order valence-corrected chi connectivity index (χ2v) is 6.73. The highest BCUT2D eigenvalue weighted by molar-refractivity contribution is 5.83. The number of carbonyl (C=O) groups is 1. The predicted molar refractivity (Wildman–Crippen MR) is 84.6 cm³/mol. The minimum Gasteiger partial charge on any atom is -0.354 e. The zero-order valence-electron chi connectivity index (χ0n) is 13.4. The minimum atomic E-state index is -0.217. The number of hydrogen-bond acceptors (Lipinski definition) is 2. The summed E-state index contributed by atoms with van der Waals surface area (Å²) >= 11 is 0. The molecular weight excluding hydrogens is 248 g/mol. The Morgan fingerprint density at radius 2 is 1.80 bits per heavy atom. The van der Waals surface area contributed by atoms with Crippen LogP contribution in [-0.4, -0.2) is 31.4 Å². The van der Waals surface area contributed by atoms with Gasteiger partial charge in [0.15, 0.2) is 0 Å². The van der Waals surface area contributed by atoms with Crippen LogP contribution < -0.4 is 5.32 Å². The van der Waals surface area contributed by atoms with E-state index in [1.54, 1.807) is 0 Å². The SMILES string of the molecule is CN(C)C(C(=O)NCCCC(C)(C)C)c1ccccc1. The van der Waals surface area contributed by atoms with Crippen LogP contribution in [0.1, 0.15) is 45.2 Å². The maximum atomic E-state index is 12.4. The fraction of sp³-hybridized carbons (Fsp3) is 0.588. The van der Waals surface area contributed by atoms with Crippen molar-refractivity contribution in [1.29, 1.82) is 0 Å². The van der Waals surface area contributed by atoms with Gasteiger partial charge in [0.05, 0.1) is 0 Å².